The van der Waals surface area contributed by atoms with E-state index < -0.39 is 18.5 Å². The molecular weight excluding hydrogens is 453 g/mol. The molecule has 7 nitrogen and oxygen atoms in total. The quantitative estimate of drug-likeness (QED) is 0.494. The molecule has 1 N–H and O–H groups in total. The number of amides is 1. The number of carbonyl (C=O) groups is 2. The zero-order valence-corrected chi connectivity index (χ0v) is 16.7. The van der Waals surface area contributed by atoms with Crippen LogP contribution in [0.2, 0.25) is 0 Å². The molecule has 0 aromatic heterocycles. The normalized spacial score (nSPS) is 10.0. The summed E-state index contributed by atoms with van der Waals surface area (Å²) in [5.41, 5.74) is 0.782. The third-order valence-corrected chi connectivity index (χ3v) is 4.35. The Labute approximate surface area is 164 Å². The third kappa shape index (κ3) is 4.57. The van der Waals surface area contributed by atoms with Crippen LogP contribution >= 0.6 is 22.6 Å². The van der Waals surface area contributed by atoms with E-state index in [1.807, 2.05) is 12.1 Å². The fraction of sp³-hybridized carbons (Fsp3) is 0.222. The summed E-state index contributed by atoms with van der Waals surface area (Å²) in [6.07, 6.45) is 0. The van der Waals surface area contributed by atoms with Gasteiger partial charge in [0.1, 0.15) is 5.56 Å². The van der Waals surface area contributed by atoms with E-state index in [1.165, 1.54) is 27.4 Å². The highest BCUT2D eigenvalue weighted by Crippen LogP contribution is 2.39. The smallest absolute Gasteiger partial charge is 0.342 e. The Morgan fingerprint density at radius 3 is 2.27 bits per heavy atom. The number of carbonyl (C=O) groups excluding carboxylic acids is 2. The van der Waals surface area contributed by atoms with Gasteiger partial charge in [-0.3, -0.25) is 4.79 Å². The molecule has 0 aliphatic carbocycles. The van der Waals surface area contributed by atoms with E-state index in [0.717, 1.165) is 3.57 Å². The minimum absolute atomic E-state index is 0.132. The van der Waals surface area contributed by atoms with Gasteiger partial charge in [-0.05, 0) is 46.9 Å². The van der Waals surface area contributed by atoms with Crippen molar-refractivity contribution in [2.75, 3.05) is 33.3 Å². The van der Waals surface area contributed by atoms with Gasteiger partial charge in [-0.25, -0.2) is 4.79 Å². The van der Waals surface area contributed by atoms with Gasteiger partial charge in [0.25, 0.3) is 5.91 Å². The van der Waals surface area contributed by atoms with Crippen molar-refractivity contribution in [2.24, 2.45) is 0 Å². The van der Waals surface area contributed by atoms with Crippen LogP contribution in [0.1, 0.15) is 10.4 Å². The highest BCUT2D eigenvalue weighted by molar-refractivity contribution is 14.1. The first-order valence-electron chi connectivity index (χ1n) is 7.52. The molecule has 0 aliphatic heterocycles. The molecule has 0 fully saturated rings. The number of hydrogen-bond acceptors (Lipinski definition) is 6. The average molecular weight is 471 g/mol. The molecule has 2 aromatic carbocycles. The molecule has 0 saturated carbocycles. The lowest BCUT2D eigenvalue weighted by molar-refractivity contribution is -0.119. The van der Waals surface area contributed by atoms with Gasteiger partial charge in [0.2, 0.25) is 5.75 Å². The van der Waals surface area contributed by atoms with Crippen molar-refractivity contribution in [3.8, 4) is 17.2 Å². The second kappa shape index (κ2) is 9.27. The van der Waals surface area contributed by atoms with Gasteiger partial charge in [0, 0.05) is 3.57 Å². The second-order valence-corrected chi connectivity index (χ2v) is 6.15. The highest BCUT2D eigenvalue weighted by Gasteiger charge is 2.22. The molecule has 0 radical (unpaired) electrons. The number of para-hydroxylation sites is 1. The van der Waals surface area contributed by atoms with Crippen molar-refractivity contribution in [1.29, 1.82) is 0 Å². The molecule has 0 spiro atoms. The number of methoxy groups -OCH3 is 3. The van der Waals surface area contributed by atoms with Crippen LogP contribution in [0, 0.1) is 3.57 Å². The summed E-state index contributed by atoms with van der Waals surface area (Å²) in [5.74, 6) is -0.289. The predicted molar refractivity (Wildman–Crippen MR) is 104 cm³/mol. The first-order valence-corrected chi connectivity index (χ1v) is 8.60. The van der Waals surface area contributed by atoms with Crippen molar-refractivity contribution in [3.05, 3.63) is 45.5 Å². The minimum Gasteiger partial charge on any atom is -0.493 e. The number of nitrogens with one attached hydrogen (secondary N) is 1. The average Bonchev–Trinajstić information content (AvgIpc) is 2.66. The van der Waals surface area contributed by atoms with Crippen molar-refractivity contribution >= 4 is 40.2 Å². The van der Waals surface area contributed by atoms with Crippen molar-refractivity contribution in [1.82, 2.24) is 0 Å². The van der Waals surface area contributed by atoms with Crippen LogP contribution in [-0.4, -0.2) is 39.8 Å². The SMILES string of the molecule is COc1ccc(C(=O)OCC(=O)Nc2ccccc2I)c(OC)c1OC. The van der Waals surface area contributed by atoms with Gasteiger partial charge in [-0.1, -0.05) is 12.1 Å². The molecule has 0 unspecified atom stereocenters. The molecule has 0 bridgehead atoms. The van der Waals surface area contributed by atoms with Crippen LogP contribution in [0.5, 0.6) is 17.2 Å². The van der Waals surface area contributed by atoms with Crippen LogP contribution < -0.4 is 19.5 Å². The van der Waals surface area contributed by atoms with Crippen LogP contribution in [0.25, 0.3) is 0 Å². The Kier molecular flexibility index (Phi) is 7.07. The summed E-state index contributed by atoms with van der Waals surface area (Å²) in [6, 6.07) is 10.3. The summed E-state index contributed by atoms with van der Waals surface area (Å²) < 4.78 is 21.6. The summed E-state index contributed by atoms with van der Waals surface area (Å²) in [5, 5.41) is 2.69. The van der Waals surface area contributed by atoms with Crippen LogP contribution in [0.3, 0.4) is 0 Å². The maximum absolute atomic E-state index is 12.3. The number of halogens is 1. The molecule has 8 heteroatoms. The summed E-state index contributed by atoms with van der Waals surface area (Å²) in [6.45, 7) is -0.429. The molecule has 26 heavy (non-hydrogen) atoms. The molecule has 0 saturated heterocycles. The van der Waals surface area contributed by atoms with Gasteiger partial charge in [-0.2, -0.15) is 0 Å². The van der Waals surface area contributed by atoms with Crippen LogP contribution in [0.4, 0.5) is 5.69 Å². The number of hydrogen-bond donors (Lipinski definition) is 1. The monoisotopic (exact) mass is 471 g/mol. The van der Waals surface area contributed by atoms with Crippen molar-refractivity contribution in [3.63, 3.8) is 0 Å². The molecule has 2 rings (SSSR count). The van der Waals surface area contributed by atoms with E-state index in [0.29, 0.717) is 11.4 Å². The fourth-order valence-electron chi connectivity index (χ4n) is 2.22. The summed E-state index contributed by atoms with van der Waals surface area (Å²) in [7, 11) is 4.31. The lowest BCUT2D eigenvalue weighted by atomic mass is 10.1. The minimum atomic E-state index is -0.708. The van der Waals surface area contributed by atoms with Gasteiger partial charge < -0.3 is 24.3 Å². The fourth-order valence-corrected chi connectivity index (χ4v) is 2.74. The largest absolute Gasteiger partial charge is 0.493 e. The Morgan fingerprint density at radius 2 is 1.65 bits per heavy atom. The first kappa shape index (κ1) is 19.8. The van der Waals surface area contributed by atoms with E-state index >= 15 is 0 Å². The van der Waals surface area contributed by atoms with Gasteiger partial charge in [-0.15, -0.1) is 0 Å². The van der Waals surface area contributed by atoms with Gasteiger partial charge in [0.15, 0.2) is 18.1 Å². The number of benzene rings is 2. The van der Waals surface area contributed by atoms with E-state index in [4.69, 9.17) is 18.9 Å². The topological polar surface area (TPSA) is 83.1 Å². The number of anilines is 1. The van der Waals surface area contributed by atoms with Crippen molar-refractivity contribution in [2.45, 2.75) is 0 Å². The lowest BCUT2D eigenvalue weighted by Gasteiger charge is -2.15. The number of esters is 1. The van der Waals surface area contributed by atoms with Crippen LogP contribution in [0.15, 0.2) is 36.4 Å². The number of rotatable bonds is 7. The molecule has 138 valence electrons. The Bertz CT molecular complexity index is 808. The summed E-state index contributed by atoms with van der Waals surface area (Å²) in [4.78, 5) is 24.3. The lowest BCUT2D eigenvalue weighted by Crippen LogP contribution is -2.21. The molecule has 0 aliphatic rings. The Morgan fingerprint density at radius 1 is 0.962 bits per heavy atom. The molecular formula is C18H18INO6. The second-order valence-electron chi connectivity index (χ2n) is 4.99. The molecule has 0 atom stereocenters. The zero-order valence-electron chi connectivity index (χ0n) is 14.5. The molecule has 0 heterocycles. The van der Waals surface area contributed by atoms with E-state index in [9.17, 15) is 9.59 Å². The first-order chi connectivity index (χ1) is 12.5. The predicted octanol–water partition coefficient (Wildman–Crippen LogP) is 3.11. The number of ether oxygens (including phenoxy) is 4. The molecule has 2 aromatic rings. The molecule has 1 amide bonds. The van der Waals surface area contributed by atoms with E-state index in [1.54, 1.807) is 18.2 Å². The standard InChI is InChI=1S/C18H18INO6/c1-23-14-9-8-11(16(24-2)17(14)25-3)18(22)26-10-15(21)20-13-7-5-4-6-12(13)19/h4-9H,10H2,1-3H3,(H,20,21). The highest BCUT2D eigenvalue weighted by atomic mass is 127. The summed E-state index contributed by atoms with van der Waals surface area (Å²) >= 11 is 2.10. The van der Waals surface area contributed by atoms with E-state index in [2.05, 4.69) is 27.9 Å². The van der Waals surface area contributed by atoms with E-state index in [-0.39, 0.29) is 17.1 Å². The third-order valence-electron chi connectivity index (χ3n) is 3.41. The Balaban J connectivity index is 2.08. The van der Waals surface area contributed by atoms with Gasteiger partial charge in [0.05, 0.1) is 27.0 Å². The van der Waals surface area contributed by atoms with Crippen LogP contribution in [-0.2, 0) is 9.53 Å². The zero-order chi connectivity index (χ0) is 19.1. The van der Waals surface area contributed by atoms with Crippen molar-refractivity contribution < 1.29 is 28.5 Å². The maximum atomic E-state index is 12.3. The van der Waals surface area contributed by atoms with Gasteiger partial charge >= 0.3 is 5.97 Å². The Hall–Kier alpha value is -2.49. The maximum Gasteiger partial charge on any atom is 0.342 e.